The molecule has 0 saturated carbocycles. The summed E-state index contributed by atoms with van der Waals surface area (Å²) in [6.07, 6.45) is 3.59. The Kier molecular flexibility index (Phi) is 8.13. The Labute approximate surface area is 168 Å². The zero-order chi connectivity index (χ0) is 20.5. The number of furan rings is 1. The summed E-state index contributed by atoms with van der Waals surface area (Å²) in [5.41, 5.74) is 0.921. The van der Waals surface area contributed by atoms with Gasteiger partial charge in [0.15, 0.2) is 5.76 Å². The molecule has 150 valence electrons. The number of carbonyl (C=O) groups is 3. The van der Waals surface area contributed by atoms with E-state index in [1.165, 1.54) is 12.3 Å². The van der Waals surface area contributed by atoms with Crippen molar-refractivity contribution < 1.29 is 23.5 Å². The van der Waals surface area contributed by atoms with E-state index in [9.17, 15) is 14.4 Å². The fourth-order valence-electron chi connectivity index (χ4n) is 2.34. The number of nitrogens with one attached hydrogen (secondary N) is 2. The van der Waals surface area contributed by atoms with Gasteiger partial charge in [0.05, 0.1) is 17.9 Å². The molecule has 2 aromatic rings. The fourth-order valence-corrected chi connectivity index (χ4v) is 2.81. The predicted octanol–water partition coefficient (Wildman–Crippen LogP) is 3.34. The van der Waals surface area contributed by atoms with Crippen molar-refractivity contribution in [3.8, 4) is 0 Å². The molecule has 0 spiro atoms. The molecule has 0 fully saturated rings. The van der Waals surface area contributed by atoms with Gasteiger partial charge in [0, 0.05) is 5.69 Å². The lowest BCUT2D eigenvalue weighted by Gasteiger charge is -2.17. The van der Waals surface area contributed by atoms with E-state index in [2.05, 4.69) is 10.6 Å². The van der Waals surface area contributed by atoms with E-state index in [1.54, 1.807) is 55.9 Å². The Hall–Kier alpha value is -2.74. The van der Waals surface area contributed by atoms with Gasteiger partial charge in [-0.2, -0.15) is 11.8 Å². The Balaban J connectivity index is 2.01. The maximum absolute atomic E-state index is 12.6. The first-order chi connectivity index (χ1) is 13.4. The molecule has 0 aliphatic carbocycles. The number of esters is 1. The normalized spacial score (nSPS) is 11.7. The molecular weight excluding hydrogens is 380 g/mol. The van der Waals surface area contributed by atoms with E-state index in [0.29, 0.717) is 23.4 Å². The van der Waals surface area contributed by atoms with E-state index in [0.717, 1.165) is 0 Å². The molecule has 0 bridgehead atoms. The molecule has 2 rings (SSSR count). The van der Waals surface area contributed by atoms with Crippen molar-refractivity contribution in [2.45, 2.75) is 32.4 Å². The molecule has 7 nitrogen and oxygen atoms in total. The van der Waals surface area contributed by atoms with Crippen LogP contribution in [-0.4, -0.2) is 41.9 Å². The van der Waals surface area contributed by atoms with Gasteiger partial charge in [-0.1, -0.05) is 0 Å². The zero-order valence-electron chi connectivity index (χ0n) is 16.1. The highest BCUT2D eigenvalue weighted by molar-refractivity contribution is 7.98. The monoisotopic (exact) mass is 404 g/mol. The molecule has 1 aromatic carbocycles. The van der Waals surface area contributed by atoms with Gasteiger partial charge in [-0.05, 0) is 68.7 Å². The fraction of sp³-hybridized carbons (Fsp3) is 0.350. The second-order valence-electron chi connectivity index (χ2n) is 6.31. The van der Waals surface area contributed by atoms with Gasteiger partial charge < -0.3 is 19.8 Å². The smallest absolute Gasteiger partial charge is 0.338 e. The second-order valence-corrected chi connectivity index (χ2v) is 7.29. The number of rotatable bonds is 9. The summed E-state index contributed by atoms with van der Waals surface area (Å²) in [5.74, 6) is -0.354. The van der Waals surface area contributed by atoms with Crippen LogP contribution in [0.4, 0.5) is 5.69 Å². The number of ether oxygens (including phenoxy) is 1. The third kappa shape index (κ3) is 6.45. The Morgan fingerprint density at radius 1 is 1.14 bits per heavy atom. The van der Waals surface area contributed by atoms with Crippen LogP contribution in [0.3, 0.4) is 0 Å². The van der Waals surface area contributed by atoms with Crippen molar-refractivity contribution in [3.05, 3.63) is 54.0 Å². The van der Waals surface area contributed by atoms with Gasteiger partial charge in [-0.3, -0.25) is 9.59 Å². The van der Waals surface area contributed by atoms with E-state index < -0.39 is 17.9 Å². The van der Waals surface area contributed by atoms with E-state index >= 15 is 0 Å². The number of hydrogen-bond acceptors (Lipinski definition) is 6. The van der Waals surface area contributed by atoms with E-state index in [4.69, 9.17) is 9.15 Å². The van der Waals surface area contributed by atoms with Crippen molar-refractivity contribution >= 4 is 35.2 Å². The van der Waals surface area contributed by atoms with Crippen molar-refractivity contribution in [1.82, 2.24) is 5.32 Å². The van der Waals surface area contributed by atoms with Crippen LogP contribution in [0.1, 0.15) is 41.2 Å². The molecule has 1 atom stereocenters. The Bertz CT molecular complexity index is 787. The quantitative estimate of drug-likeness (QED) is 0.622. The molecule has 0 aliphatic rings. The zero-order valence-corrected chi connectivity index (χ0v) is 16.9. The van der Waals surface area contributed by atoms with E-state index in [-0.39, 0.29) is 17.8 Å². The second kappa shape index (κ2) is 10.6. The van der Waals surface area contributed by atoms with Crippen molar-refractivity contribution in [1.29, 1.82) is 0 Å². The largest absolute Gasteiger partial charge is 0.459 e. The molecule has 28 heavy (non-hydrogen) atoms. The Morgan fingerprint density at radius 3 is 2.43 bits per heavy atom. The maximum atomic E-state index is 12.6. The summed E-state index contributed by atoms with van der Waals surface area (Å²) in [7, 11) is 0. The number of amides is 2. The summed E-state index contributed by atoms with van der Waals surface area (Å²) in [5, 5.41) is 5.46. The lowest BCUT2D eigenvalue weighted by Crippen LogP contribution is -2.44. The summed E-state index contributed by atoms with van der Waals surface area (Å²) in [4.78, 5) is 36.7. The third-order valence-corrected chi connectivity index (χ3v) is 4.35. The average molecular weight is 404 g/mol. The highest BCUT2D eigenvalue weighted by Gasteiger charge is 2.22. The van der Waals surface area contributed by atoms with Gasteiger partial charge in [0.1, 0.15) is 6.04 Å². The summed E-state index contributed by atoms with van der Waals surface area (Å²) in [6, 6.07) is 8.84. The lowest BCUT2D eigenvalue weighted by atomic mass is 10.1. The highest BCUT2D eigenvalue weighted by atomic mass is 32.2. The van der Waals surface area contributed by atoms with Crippen LogP contribution >= 0.6 is 11.8 Å². The number of hydrogen-bond donors (Lipinski definition) is 2. The molecule has 1 aromatic heterocycles. The summed E-state index contributed by atoms with van der Waals surface area (Å²) < 4.78 is 10.2. The van der Waals surface area contributed by atoms with Gasteiger partial charge in [0.2, 0.25) is 5.91 Å². The first-order valence-electron chi connectivity index (χ1n) is 8.86. The molecular formula is C20H24N2O5S. The number of benzene rings is 1. The summed E-state index contributed by atoms with van der Waals surface area (Å²) >= 11 is 1.58. The number of anilines is 1. The molecule has 0 unspecified atom stereocenters. The highest BCUT2D eigenvalue weighted by Crippen LogP contribution is 2.13. The molecule has 8 heteroatoms. The van der Waals surface area contributed by atoms with Crippen LogP contribution in [-0.2, 0) is 9.53 Å². The molecule has 1 heterocycles. The van der Waals surface area contributed by atoms with Crippen molar-refractivity contribution in [2.75, 3.05) is 17.3 Å². The SMILES string of the molecule is CSCC[C@H](NC(=O)c1ccco1)C(=O)Nc1ccc(C(=O)OC(C)C)cc1. The van der Waals surface area contributed by atoms with Crippen LogP contribution in [0.25, 0.3) is 0 Å². The number of carbonyl (C=O) groups excluding carboxylic acids is 3. The van der Waals surface area contributed by atoms with Crippen LogP contribution in [0.5, 0.6) is 0 Å². The molecule has 0 radical (unpaired) electrons. The minimum Gasteiger partial charge on any atom is -0.459 e. The van der Waals surface area contributed by atoms with Gasteiger partial charge >= 0.3 is 5.97 Å². The molecule has 2 amide bonds. The van der Waals surface area contributed by atoms with Crippen molar-refractivity contribution in [2.24, 2.45) is 0 Å². The first kappa shape index (κ1) is 21.6. The van der Waals surface area contributed by atoms with Crippen LogP contribution in [0.2, 0.25) is 0 Å². The van der Waals surface area contributed by atoms with Crippen LogP contribution < -0.4 is 10.6 Å². The van der Waals surface area contributed by atoms with Crippen molar-refractivity contribution in [3.63, 3.8) is 0 Å². The van der Waals surface area contributed by atoms with Crippen LogP contribution in [0.15, 0.2) is 47.1 Å². The van der Waals surface area contributed by atoms with Gasteiger partial charge in [0.25, 0.3) is 5.91 Å². The van der Waals surface area contributed by atoms with Crippen LogP contribution in [0, 0.1) is 0 Å². The first-order valence-corrected chi connectivity index (χ1v) is 10.2. The minimum atomic E-state index is -0.712. The predicted molar refractivity (Wildman–Crippen MR) is 109 cm³/mol. The average Bonchev–Trinajstić information content (AvgIpc) is 3.19. The minimum absolute atomic E-state index is 0.148. The maximum Gasteiger partial charge on any atom is 0.338 e. The van der Waals surface area contributed by atoms with Gasteiger partial charge in [-0.25, -0.2) is 4.79 Å². The topological polar surface area (TPSA) is 97.6 Å². The lowest BCUT2D eigenvalue weighted by molar-refractivity contribution is -0.118. The standard InChI is InChI=1S/C20H24N2O5S/c1-13(2)27-20(25)14-6-8-15(9-7-14)21-18(23)16(10-12-28-3)22-19(24)17-5-4-11-26-17/h4-9,11,13,16H,10,12H2,1-3H3,(H,21,23)(H,22,24)/t16-/m0/s1. The van der Waals surface area contributed by atoms with E-state index in [1.807, 2.05) is 6.26 Å². The molecule has 0 aliphatic heterocycles. The van der Waals surface area contributed by atoms with Gasteiger partial charge in [-0.15, -0.1) is 0 Å². The third-order valence-electron chi connectivity index (χ3n) is 3.71. The molecule has 2 N–H and O–H groups in total. The summed E-state index contributed by atoms with van der Waals surface area (Å²) in [6.45, 7) is 3.55. The number of thioether (sulfide) groups is 1. The molecule has 0 saturated heterocycles. The Morgan fingerprint density at radius 2 is 1.86 bits per heavy atom.